The van der Waals surface area contributed by atoms with Crippen LogP contribution in [0.15, 0.2) is 85.1 Å². The van der Waals surface area contributed by atoms with Crippen LogP contribution in [-0.4, -0.2) is 36.3 Å². The number of methoxy groups -OCH3 is 2. The lowest BCUT2D eigenvalue weighted by atomic mass is 10.0. The first-order valence-electron chi connectivity index (χ1n) is 11.9. The molecule has 7 heteroatoms. The number of urea groups is 1. The molecule has 1 N–H and O–H groups in total. The maximum absolute atomic E-state index is 14.0. The molecule has 184 valence electrons. The molecule has 0 fully saturated rings. The second kappa shape index (κ2) is 10.1. The molecule has 1 aromatic heterocycles. The molecule has 0 saturated carbocycles. The van der Waals surface area contributed by atoms with Crippen LogP contribution in [0.1, 0.15) is 29.8 Å². The smallest absolute Gasteiger partial charge is 0.323 e. The van der Waals surface area contributed by atoms with Crippen molar-refractivity contribution in [3.63, 3.8) is 0 Å². The molecule has 2 amide bonds. The number of hydrogen-bond acceptors (Lipinski definition) is 4. The lowest BCUT2D eigenvalue weighted by Crippen LogP contribution is -2.38. The number of hydrogen-bond donors (Lipinski definition) is 1. The number of carbonyl (C=O) groups is 1. The lowest BCUT2D eigenvalue weighted by Gasteiger charge is -2.31. The molecule has 36 heavy (non-hydrogen) atoms. The van der Waals surface area contributed by atoms with Gasteiger partial charge in [0.2, 0.25) is 0 Å². The third kappa shape index (κ3) is 4.24. The van der Waals surface area contributed by atoms with Crippen LogP contribution in [0, 0.1) is 0 Å². The van der Waals surface area contributed by atoms with Crippen LogP contribution >= 0.6 is 0 Å². The molecule has 0 saturated heterocycles. The Morgan fingerprint density at radius 3 is 2.50 bits per heavy atom. The summed E-state index contributed by atoms with van der Waals surface area (Å²) in [5, 5.41) is 3.09. The topological polar surface area (TPSA) is 65.0 Å². The van der Waals surface area contributed by atoms with Gasteiger partial charge in [-0.25, -0.2) is 4.79 Å². The monoisotopic (exact) mass is 483 g/mol. The Labute approximate surface area is 210 Å². The number of ether oxygens (including phenoxy) is 3. The minimum Gasteiger partial charge on any atom is -0.493 e. The predicted octanol–water partition coefficient (Wildman–Crippen LogP) is 6.03. The van der Waals surface area contributed by atoms with Gasteiger partial charge in [-0.2, -0.15) is 0 Å². The van der Waals surface area contributed by atoms with Crippen LogP contribution in [0.5, 0.6) is 17.2 Å². The molecule has 0 radical (unpaired) electrons. The van der Waals surface area contributed by atoms with E-state index in [1.807, 2.05) is 78.7 Å². The maximum atomic E-state index is 14.0. The highest BCUT2D eigenvalue weighted by Gasteiger charge is 2.33. The van der Waals surface area contributed by atoms with Crippen molar-refractivity contribution in [2.75, 3.05) is 26.1 Å². The number of nitrogens with zero attached hydrogens (tertiary/aromatic N) is 2. The van der Waals surface area contributed by atoms with Gasteiger partial charge in [0.15, 0.2) is 11.5 Å². The van der Waals surface area contributed by atoms with Gasteiger partial charge in [0, 0.05) is 11.9 Å². The predicted molar refractivity (Wildman–Crippen MR) is 139 cm³/mol. The molecule has 2 heterocycles. The van der Waals surface area contributed by atoms with E-state index in [9.17, 15) is 4.79 Å². The van der Waals surface area contributed by atoms with Crippen molar-refractivity contribution in [1.82, 2.24) is 9.47 Å². The summed E-state index contributed by atoms with van der Waals surface area (Å²) in [5.41, 5.74) is 4.61. The molecule has 0 unspecified atom stereocenters. The van der Waals surface area contributed by atoms with Crippen molar-refractivity contribution in [3.05, 3.63) is 102 Å². The van der Waals surface area contributed by atoms with Crippen molar-refractivity contribution < 1.29 is 19.0 Å². The van der Waals surface area contributed by atoms with E-state index in [2.05, 4.69) is 28.1 Å². The van der Waals surface area contributed by atoms with Gasteiger partial charge < -0.3 is 29.0 Å². The molecular formula is C29H29N3O4. The summed E-state index contributed by atoms with van der Waals surface area (Å²) in [5.74, 6) is 1.88. The Morgan fingerprint density at radius 2 is 1.69 bits per heavy atom. The molecule has 1 atom stereocenters. The van der Waals surface area contributed by atoms with E-state index >= 15 is 0 Å². The fourth-order valence-corrected chi connectivity index (χ4v) is 4.75. The molecular weight excluding hydrogens is 454 g/mol. The zero-order valence-corrected chi connectivity index (χ0v) is 20.6. The second-order valence-corrected chi connectivity index (χ2v) is 8.44. The third-order valence-corrected chi connectivity index (χ3v) is 6.38. The molecule has 4 aromatic rings. The summed E-state index contributed by atoms with van der Waals surface area (Å²) in [7, 11) is 3.23. The van der Waals surface area contributed by atoms with E-state index in [0.717, 1.165) is 22.5 Å². The first-order valence-corrected chi connectivity index (χ1v) is 11.9. The largest absolute Gasteiger partial charge is 0.493 e. The highest BCUT2D eigenvalue weighted by Crippen LogP contribution is 2.40. The molecule has 1 aliphatic heterocycles. The molecule has 0 spiro atoms. The van der Waals surface area contributed by atoms with Crippen LogP contribution in [0.3, 0.4) is 0 Å². The fourth-order valence-electron chi connectivity index (χ4n) is 4.75. The van der Waals surface area contributed by atoms with E-state index in [-0.39, 0.29) is 12.1 Å². The van der Waals surface area contributed by atoms with E-state index in [1.54, 1.807) is 14.2 Å². The molecule has 7 nitrogen and oxygen atoms in total. The quantitative estimate of drug-likeness (QED) is 0.364. The molecule has 5 rings (SSSR count). The number of amides is 2. The standard InChI is InChI=1S/C29H29N3O4/c1-4-36-25-14-8-6-11-22(25)30-29(33)32-19-21-10-5-7-12-23(21)31-17-9-13-24(31)28(32)20-15-16-26(34-2)27(18-20)35-3/h5-18,28H,4,19H2,1-3H3,(H,30,33)/t28-/m0/s1. The normalized spacial score (nSPS) is 14.3. The van der Waals surface area contributed by atoms with E-state index in [4.69, 9.17) is 14.2 Å². The second-order valence-electron chi connectivity index (χ2n) is 8.44. The Bertz CT molecular complexity index is 1380. The lowest BCUT2D eigenvalue weighted by molar-refractivity contribution is 0.194. The summed E-state index contributed by atoms with van der Waals surface area (Å²) >= 11 is 0. The summed E-state index contributed by atoms with van der Waals surface area (Å²) in [6.45, 7) is 2.84. The van der Waals surface area contributed by atoms with Gasteiger partial charge in [-0.15, -0.1) is 0 Å². The van der Waals surface area contributed by atoms with Gasteiger partial charge >= 0.3 is 6.03 Å². The van der Waals surface area contributed by atoms with Crippen LogP contribution in [0.2, 0.25) is 0 Å². The maximum Gasteiger partial charge on any atom is 0.323 e. The fraction of sp³-hybridized carbons (Fsp3) is 0.207. The Kier molecular flexibility index (Phi) is 6.54. The van der Waals surface area contributed by atoms with Crippen LogP contribution in [-0.2, 0) is 6.54 Å². The summed E-state index contributed by atoms with van der Waals surface area (Å²) in [4.78, 5) is 15.8. The van der Waals surface area contributed by atoms with Gasteiger partial charge in [0.25, 0.3) is 0 Å². The minimum atomic E-state index is -0.383. The summed E-state index contributed by atoms with van der Waals surface area (Å²) in [6, 6.07) is 24.9. The molecule has 0 bridgehead atoms. The summed E-state index contributed by atoms with van der Waals surface area (Å²) < 4.78 is 19.0. The first-order chi connectivity index (χ1) is 17.6. The zero-order valence-electron chi connectivity index (χ0n) is 20.6. The Hall–Kier alpha value is -4.39. The molecule has 3 aromatic carbocycles. The summed E-state index contributed by atoms with van der Waals surface area (Å²) in [6.07, 6.45) is 2.04. The number of benzene rings is 3. The van der Waals surface area contributed by atoms with Gasteiger partial charge in [-0.3, -0.25) is 0 Å². The van der Waals surface area contributed by atoms with Crippen molar-refractivity contribution in [3.8, 4) is 22.9 Å². The zero-order chi connectivity index (χ0) is 25.1. The van der Waals surface area contributed by atoms with E-state index in [0.29, 0.717) is 36.1 Å². The molecule has 1 aliphatic rings. The SMILES string of the molecule is CCOc1ccccc1NC(=O)N1Cc2ccccc2-n2cccc2[C@@H]1c1ccc(OC)c(OC)c1. The number of carbonyl (C=O) groups excluding carboxylic acids is 1. The van der Waals surface area contributed by atoms with E-state index in [1.165, 1.54) is 0 Å². The van der Waals surface area contributed by atoms with Crippen molar-refractivity contribution in [2.45, 2.75) is 19.5 Å². The van der Waals surface area contributed by atoms with Crippen molar-refractivity contribution in [1.29, 1.82) is 0 Å². The number of fused-ring (bicyclic) bond motifs is 3. The van der Waals surface area contributed by atoms with Gasteiger partial charge in [-0.05, 0) is 60.5 Å². The Morgan fingerprint density at radius 1 is 0.917 bits per heavy atom. The van der Waals surface area contributed by atoms with Crippen LogP contribution in [0.4, 0.5) is 10.5 Å². The highest BCUT2D eigenvalue weighted by atomic mass is 16.5. The Balaban J connectivity index is 1.63. The van der Waals surface area contributed by atoms with E-state index < -0.39 is 0 Å². The minimum absolute atomic E-state index is 0.230. The van der Waals surface area contributed by atoms with Crippen molar-refractivity contribution >= 4 is 11.7 Å². The number of rotatable bonds is 6. The number of para-hydroxylation sites is 3. The molecule has 0 aliphatic carbocycles. The number of anilines is 1. The van der Waals surface area contributed by atoms with Gasteiger partial charge in [0.1, 0.15) is 5.75 Å². The van der Waals surface area contributed by atoms with Crippen molar-refractivity contribution in [2.24, 2.45) is 0 Å². The third-order valence-electron chi connectivity index (χ3n) is 6.38. The van der Waals surface area contributed by atoms with Crippen LogP contribution in [0.25, 0.3) is 5.69 Å². The van der Waals surface area contributed by atoms with Gasteiger partial charge in [0.05, 0.1) is 44.8 Å². The number of nitrogens with one attached hydrogen (secondary N) is 1. The number of aromatic nitrogens is 1. The average molecular weight is 484 g/mol. The van der Waals surface area contributed by atoms with Gasteiger partial charge in [-0.1, -0.05) is 36.4 Å². The average Bonchev–Trinajstić information content (AvgIpc) is 3.33. The first kappa shape index (κ1) is 23.4. The van der Waals surface area contributed by atoms with Crippen LogP contribution < -0.4 is 19.5 Å². The highest BCUT2D eigenvalue weighted by molar-refractivity contribution is 5.91.